The van der Waals surface area contributed by atoms with Crippen molar-refractivity contribution in [3.05, 3.63) is 30.1 Å². The molecule has 4 heteroatoms. The van der Waals surface area contributed by atoms with Gasteiger partial charge in [-0.05, 0) is 37.6 Å². The molecule has 1 rings (SSSR count). The molecular weight excluding hydrogens is 233 g/mol. The number of ether oxygens (including phenoxy) is 2. The maximum absolute atomic E-state index is 12.6. The summed E-state index contributed by atoms with van der Waals surface area (Å²) in [6.45, 7) is 7.15. The highest BCUT2D eigenvalue weighted by molar-refractivity contribution is 5.21. The number of hydrogen-bond donors (Lipinski definition) is 1. The highest BCUT2D eigenvalue weighted by Gasteiger charge is 2.00. The Kier molecular flexibility index (Phi) is 7.37. The lowest BCUT2D eigenvalue weighted by Gasteiger charge is -2.09. The molecule has 1 aromatic carbocycles. The number of nitrogens with two attached hydrogens (primary N) is 1. The standard InChI is InChI=1S/C14H22FNO2/c1-3-12(2)16-8-9-17-10-11-18-14-6-4-13(15)5-7-14/h4-7,12,16H,3,8-11H2,1-2H3/p+1/t12-/m1/s1. The van der Waals surface area contributed by atoms with Crippen molar-refractivity contribution in [2.45, 2.75) is 26.3 Å². The van der Waals surface area contributed by atoms with Crippen molar-refractivity contribution in [3.63, 3.8) is 0 Å². The van der Waals surface area contributed by atoms with E-state index in [1.807, 2.05) is 0 Å². The van der Waals surface area contributed by atoms with Gasteiger partial charge in [0.1, 0.15) is 18.2 Å². The Morgan fingerprint density at radius 1 is 1.17 bits per heavy atom. The van der Waals surface area contributed by atoms with Crippen LogP contribution in [0.1, 0.15) is 20.3 Å². The third-order valence-electron chi connectivity index (χ3n) is 2.79. The van der Waals surface area contributed by atoms with Gasteiger partial charge in [0.15, 0.2) is 0 Å². The first kappa shape index (κ1) is 14.9. The molecule has 0 unspecified atom stereocenters. The van der Waals surface area contributed by atoms with Crippen LogP contribution in [0.2, 0.25) is 0 Å². The van der Waals surface area contributed by atoms with Gasteiger partial charge in [0, 0.05) is 0 Å². The smallest absolute Gasteiger partial charge is 0.123 e. The fourth-order valence-corrected chi connectivity index (χ4v) is 1.45. The summed E-state index contributed by atoms with van der Waals surface area (Å²) in [7, 11) is 0. The van der Waals surface area contributed by atoms with Gasteiger partial charge in [-0.25, -0.2) is 4.39 Å². The molecule has 0 fully saturated rings. The SMILES string of the molecule is CC[C@@H](C)[NH2+]CCOCCOc1ccc(F)cc1. The molecule has 0 aliphatic carbocycles. The van der Waals surface area contributed by atoms with E-state index in [2.05, 4.69) is 19.2 Å². The molecule has 0 aliphatic rings. The van der Waals surface area contributed by atoms with Crippen molar-refractivity contribution in [2.24, 2.45) is 0 Å². The lowest BCUT2D eigenvalue weighted by molar-refractivity contribution is -0.687. The molecule has 0 saturated carbocycles. The number of hydrogen-bond acceptors (Lipinski definition) is 2. The van der Waals surface area contributed by atoms with Crippen LogP contribution in [0, 0.1) is 5.82 Å². The van der Waals surface area contributed by atoms with Gasteiger partial charge in [-0.2, -0.15) is 0 Å². The van der Waals surface area contributed by atoms with E-state index in [0.717, 1.165) is 13.2 Å². The molecule has 18 heavy (non-hydrogen) atoms. The van der Waals surface area contributed by atoms with Gasteiger partial charge in [-0.3, -0.25) is 0 Å². The Morgan fingerprint density at radius 3 is 2.56 bits per heavy atom. The Hall–Kier alpha value is -1.13. The Balaban J connectivity index is 1.97. The molecule has 3 nitrogen and oxygen atoms in total. The summed E-state index contributed by atoms with van der Waals surface area (Å²) in [5.74, 6) is 0.422. The summed E-state index contributed by atoms with van der Waals surface area (Å²) in [5.41, 5.74) is 0. The highest BCUT2D eigenvalue weighted by Crippen LogP contribution is 2.10. The van der Waals surface area contributed by atoms with Crippen LogP contribution in [-0.2, 0) is 4.74 Å². The fourth-order valence-electron chi connectivity index (χ4n) is 1.45. The maximum atomic E-state index is 12.6. The fraction of sp³-hybridized carbons (Fsp3) is 0.571. The second-order valence-electron chi connectivity index (χ2n) is 4.32. The number of benzene rings is 1. The first-order valence-corrected chi connectivity index (χ1v) is 6.51. The van der Waals surface area contributed by atoms with E-state index in [0.29, 0.717) is 25.0 Å². The van der Waals surface area contributed by atoms with Crippen molar-refractivity contribution < 1.29 is 19.2 Å². The minimum atomic E-state index is -0.251. The van der Waals surface area contributed by atoms with Crippen molar-refractivity contribution in [2.75, 3.05) is 26.4 Å². The normalized spacial score (nSPS) is 12.4. The number of rotatable bonds is 9. The molecule has 102 valence electrons. The van der Waals surface area contributed by atoms with Crippen LogP contribution in [0.3, 0.4) is 0 Å². The first-order valence-electron chi connectivity index (χ1n) is 6.51. The maximum Gasteiger partial charge on any atom is 0.123 e. The molecule has 0 heterocycles. The second kappa shape index (κ2) is 8.89. The quantitative estimate of drug-likeness (QED) is 0.681. The molecular formula is C14H23FNO2+. The van der Waals surface area contributed by atoms with E-state index in [1.54, 1.807) is 12.1 Å². The molecule has 0 radical (unpaired) electrons. The molecule has 2 N–H and O–H groups in total. The van der Waals surface area contributed by atoms with Gasteiger partial charge in [-0.1, -0.05) is 6.92 Å². The average Bonchev–Trinajstić information content (AvgIpc) is 2.39. The number of quaternary nitrogens is 1. The van der Waals surface area contributed by atoms with E-state index >= 15 is 0 Å². The largest absolute Gasteiger partial charge is 0.491 e. The lowest BCUT2D eigenvalue weighted by Crippen LogP contribution is -2.90. The minimum Gasteiger partial charge on any atom is -0.491 e. The average molecular weight is 256 g/mol. The number of halogens is 1. The Bertz CT molecular complexity index is 316. The van der Waals surface area contributed by atoms with Crippen molar-refractivity contribution in [1.29, 1.82) is 0 Å². The van der Waals surface area contributed by atoms with Gasteiger partial charge < -0.3 is 14.8 Å². The zero-order chi connectivity index (χ0) is 13.2. The van der Waals surface area contributed by atoms with Crippen LogP contribution in [0.5, 0.6) is 5.75 Å². The zero-order valence-electron chi connectivity index (χ0n) is 11.2. The molecule has 1 aromatic rings. The zero-order valence-corrected chi connectivity index (χ0v) is 11.2. The van der Waals surface area contributed by atoms with E-state index in [1.165, 1.54) is 18.6 Å². The Morgan fingerprint density at radius 2 is 1.89 bits per heavy atom. The summed E-state index contributed by atoms with van der Waals surface area (Å²) in [5, 5.41) is 2.28. The molecule has 0 bridgehead atoms. The Labute approximate surface area is 108 Å². The van der Waals surface area contributed by atoms with Crippen LogP contribution in [-0.4, -0.2) is 32.4 Å². The van der Waals surface area contributed by atoms with Gasteiger partial charge >= 0.3 is 0 Å². The van der Waals surface area contributed by atoms with Crippen molar-refractivity contribution >= 4 is 0 Å². The topological polar surface area (TPSA) is 35.1 Å². The van der Waals surface area contributed by atoms with Gasteiger partial charge in [0.05, 0.1) is 25.8 Å². The summed E-state index contributed by atoms with van der Waals surface area (Å²) in [6.07, 6.45) is 1.17. The molecule has 1 atom stereocenters. The van der Waals surface area contributed by atoms with Crippen molar-refractivity contribution in [3.8, 4) is 5.75 Å². The molecule has 0 spiro atoms. The van der Waals surface area contributed by atoms with Crippen LogP contribution in [0.4, 0.5) is 4.39 Å². The predicted octanol–water partition coefficient (Wildman–Crippen LogP) is 1.58. The highest BCUT2D eigenvalue weighted by atomic mass is 19.1. The minimum absolute atomic E-state index is 0.251. The van der Waals surface area contributed by atoms with Crippen LogP contribution >= 0.6 is 0 Å². The lowest BCUT2D eigenvalue weighted by atomic mass is 10.3. The summed E-state index contributed by atoms with van der Waals surface area (Å²) >= 11 is 0. The summed E-state index contributed by atoms with van der Waals surface area (Å²) in [6, 6.07) is 6.66. The molecule has 0 amide bonds. The second-order valence-corrected chi connectivity index (χ2v) is 4.32. The van der Waals surface area contributed by atoms with Crippen LogP contribution in [0.25, 0.3) is 0 Å². The van der Waals surface area contributed by atoms with Crippen LogP contribution < -0.4 is 10.1 Å². The van der Waals surface area contributed by atoms with E-state index < -0.39 is 0 Å². The van der Waals surface area contributed by atoms with Crippen molar-refractivity contribution in [1.82, 2.24) is 0 Å². The van der Waals surface area contributed by atoms with E-state index in [4.69, 9.17) is 9.47 Å². The molecule has 0 saturated heterocycles. The third-order valence-corrected chi connectivity index (χ3v) is 2.79. The van der Waals surface area contributed by atoms with Gasteiger partial charge in [0.25, 0.3) is 0 Å². The monoisotopic (exact) mass is 256 g/mol. The molecule has 0 aromatic heterocycles. The van der Waals surface area contributed by atoms with Gasteiger partial charge in [-0.15, -0.1) is 0 Å². The first-order chi connectivity index (χ1) is 8.72. The third kappa shape index (κ3) is 6.57. The summed E-state index contributed by atoms with van der Waals surface area (Å²) in [4.78, 5) is 0. The summed E-state index contributed by atoms with van der Waals surface area (Å²) < 4.78 is 23.5. The van der Waals surface area contributed by atoms with E-state index in [-0.39, 0.29) is 5.82 Å². The van der Waals surface area contributed by atoms with E-state index in [9.17, 15) is 4.39 Å². The predicted molar refractivity (Wildman–Crippen MR) is 69.3 cm³/mol. The molecule has 0 aliphatic heterocycles. The van der Waals surface area contributed by atoms with Crippen LogP contribution in [0.15, 0.2) is 24.3 Å². The van der Waals surface area contributed by atoms with Gasteiger partial charge in [0.2, 0.25) is 0 Å².